The lowest BCUT2D eigenvalue weighted by atomic mass is 9.90. The summed E-state index contributed by atoms with van der Waals surface area (Å²) in [6, 6.07) is 0. The number of methoxy groups -OCH3 is 1. The summed E-state index contributed by atoms with van der Waals surface area (Å²) in [6.07, 6.45) is 7.30. The number of rotatable bonds is 8. The summed E-state index contributed by atoms with van der Waals surface area (Å²) in [5.74, 6) is 0.488. The van der Waals surface area contributed by atoms with Crippen LogP contribution in [0, 0.1) is 5.92 Å². The molecule has 0 amide bonds. The summed E-state index contributed by atoms with van der Waals surface area (Å²) < 4.78 is 10.9. The monoisotopic (exact) mass is 285 g/mol. The van der Waals surface area contributed by atoms with Gasteiger partial charge in [0.05, 0.1) is 13.2 Å². The second-order valence-electron chi connectivity index (χ2n) is 6.21. The Hall–Kier alpha value is -0.610. The molecule has 1 fully saturated rings. The van der Waals surface area contributed by atoms with Crippen molar-refractivity contribution in [3.63, 3.8) is 0 Å². The highest BCUT2D eigenvalue weighted by Gasteiger charge is 2.35. The lowest BCUT2D eigenvalue weighted by molar-refractivity contribution is -0.149. The largest absolute Gasteiger partial charge is 0.468 e. The molecule has 0 aromatic rings. The Morgan fingerprint density at radius 3 is 2.55 bits per heavy atom. The molecule has 1 saturated carbocycles. The minimum Gasteiger partial charge on any atom is -0.468 e. The SMILES string of the molecule is CCNC(C)(CC(C)OCC1CCCCC1)C(=O)OC. The van der Waals surface area contributed by atoms with Gasteiger partial charge in [-0.1, -0.05) is 26.2 Å². The minimum absolute atomic E-state index is 0.0556. The summed E-state index contributed by atoms with van der Waals surface area (Å²) in [5.41, 5.74) is -0.657. The van der Waals surface area contributed by atoms with Gasteiger partial charge >= 0.3 is 5.97 Å². The van der Waals surface area contributed by atoms with E-state index in [0.29, 0.717) is 12.3 Å². The minimum atomic E-state index is -0.657. The Bertz CT molecular complexity index is 289. The van der Waals surface area contributed by atoms with Gasteiger partial charge in [0, 0.05) is 13.0 Å². The van der Waals surface area contributed by atoms with E-state index in [4.69, 9.17) is 9.47 Å². The van der Waals surface area contributed by atoms with Crippen molar-refractivity contribution in [2.45, 2.75) is 70.9 Å². The molecule has 20 heavy (non-hydrogen) atoms. The molecule has 0 radical (unpaired) electrons. The normalized spacial score (nSPS) is 21.2. The third-order valence-electron chi connectivity index (χ3n) is 4.24. The first-order chi connectivity index (χ1) is 9.51. The Morgan fingerprint density at radius 2 is 2.00 bits per heavy atom. The predicted octanol–water partition coefficient (Wildman–Crippen LogP) is 2.90. The van der Waals surface area contributed by atoms with Gasteiger partial charge in [-0.2, -0.15) is 0 Å². The van der Waals surface area contributed by atoms with E-state index in [1.165, 1.54) is 39.2 Å². The third-order valence-corrected chi connectivity index (χ3v) is 4.24. The molecule has 2 unspecified atom stereocenters. The van der Waals surface area contributed by atoms with Crippen molar-refractivity contribution in [3.05, 3.63) is 0 Å². The van der Waals surface area contributed by atoms with E-state index in [9.17, 15) is 4.79 Å². The highest BCUT2D eigenvalue weighted by atomic mass is 16.5. The zero-order chi connectivity index (χ0) is 15.0. The molecule has 0 aliphatic heterocycles. The van der Waals surface area contributed by atoms with Crippen LogP contribution in [0.5, 0.6) is 0 Å². The van der Waals surface area contributed by atoms with Crippen molar-refractivity contribution in [1.29, 1.82) is 0 Å². The molecule has 0 heterocycles. The fourth-order valence-electron chi connectivity index (χ4n) is 3.13. The number of hydrogen-bond acceptors (Lipinski definition) is 4. The third kappa shape index (κ3) is 5.41. The Morgan fingerprint density at radius 1 is 1.35 bits per heavy atom. The molecule has 2 atom stereocenters. The van der Waals surface area contributed by atoms with Gasteiger partial charge in [-0.25, -0.2) is 0 Å². The standard InChI is InChI=1S/C16H31NO3/c1-5-17-16(3,15(18)19-4)11-13(2)20-12-14-9-7-6-8-10-14/h13-14,17H,5-12H2,1-4H3. The molecular formula is C16H31NO3. The first-order valence-electron chi connectivity index (χ1n) is 7.97. The molecule has 1 N–H and O–H groups in total. The average Bonchev–Trinajstić information content (AvgIpc) is 2.45. The van der Waals surface area contributed by atoms with Crippen LogP contribution >= 0.6 is 0 Å². The maximum absolute atomic E-state index is 11.9. The van der Waals surface area contributed by atoms with Crippen LogP contribution in [0.15, 0.2) is 0 Å². The van der Waals surface area contributed by atoms with Crippen LogP contribution in [0.3, 0.4) is 0 Å². The lowest BCUT2D eigenvalue weighted by Gasteiger charge is -2.31. The van der Waals surface area contributed by atoms with Gasteiger partial charge in [0.1, 0.15) is 5.54 Å². The van der Waals surface area contributed by atoms with E-state index in [0.717, 1.165) is 13.2 Å². The Balaban J connectivity index is 2.40. The van der Waals surface area contributed by atoms with Crippen LogP contribution in [0.25, 0.3) is 0 Å². The molecule has 1 aliphatic rings. The van der Waals surface area contributed by atoms with Gasteiger partial charge in [0.2, 0.25) is 0 Å². The van der Waals surface area contributed by atoms with E-state index < -0.39 is 5.54 Å². The van der Waals surface area contributed by atoms with Crippen molar-refractivity contribution in [2.75, 3.05) is 20.3 Å². The van der Waals surface area contributed by atoms with Crippen LogP contribution in [0.4, 0.5) is 0 Å². The molecule has 0 aromatic heterocycles. The van der Waals surface area contributed by atoms with Gasteiger partial charge in [-0.05, 0) is 39.2 Å². The Kier molecular flexibility index (Phi) is 7.52. The molecule has 1 aliphatic carbocycles. The summed E-state index contributed by atoms with van der Waals surface area (Å²) in [5, 5.41) is 3.22. The quantitative estimate of drug-likeness (QED) is 0.697. The van der Waals surface area contributed by atoms with Crippen LogP contribution in [-0.4, -0.2) is 37.9 Å². The zero-order valence-electron chi connectivity index (χ0n) is 13.5. The zero-order valence-corrected chi connectivity index (χ0v) is 13.5. The van der Waals surface area contributed by atoms with Gasteiger partial charge in [0.15, 0.2) is 0 Å². The highest BCUT2D eigenvalue weighted by molar-refractivity contribution is 5.80. The second-order valence-corrected chi connectivity index (χ2v) is 6.21. The number of carbonyl (C=O) groups excluding carboxylic acids is 1. The van der Waals surface area contributed by atoms with Crippen molar-refractivity contribution in [1.82, 2.24) is 5.32 Å². The fraction of sp³-hybridized carbons (Fsp3) is 0.938. The molecule has 0 saturated heterocycles. The van der Waals surface area contributed by atoms with Crippen LogP contribution in [0.1, 0.15) is 59.3 Å². The van der Waals surface area contributed by atoms with Crippen molar-refractivity contribution in [3.8, 4) is 0 Å². The highest BCUT2D eigenvalue weighted by Crippen LogP contribution is 2.25. The molecule has 0 aromatic carbocycles. The summed E-state index contributed by atoms with van der Waals surface area (Å²) in [7, 11) is 1.44. The topological polar surface area (TPSA) is 47.6 Å². The van der Waals surface area contributed by atoms with Crippen LogP contribution in [0.2, 0.25) is 0 Å². The Labute approximate surface area is 123 Å². The predicted molar refractivity (Wildman–Crippen MR) is 80.7 cm³/mol. The van der Waals surface area contributed by atoms with E-state index >= 15 is 0 Å². The number of nitrogens with one attached hydrogen (secondary N) is 1. The van der Waals surface area contributed by atoms with Gasteiger partial charge < -0.3 is 14.8 Å². The maximum atomic E-state index is 11.9. The van der Waals surface area contributed by atoms with Crippen molar-refractivity contribution < 1.29 is 14.3 Å². The average molecular weight is 285 g/mol. The van der Waals surface area contributed by atoms with Crippen LogP contribution < -0.4 is 5.32 Å². The van der Waals surface area contributed by atoms with Gasteiger partial charge in [-0.15, -0.1) is 0 Å². The first kappa shape index (κ1) is 17.4. The van der Waals surface area contributed by atoms with E-state index in [1.807, 2.05) is 20.8 Å². The van der Waals surface area contributed by atoms with Gasteiger partial charge in [0.25, 0.3) is 0 Å². The first-order valence-corrected chi connectivity index (χ1v) is 7.97. The number of ether oxygens (including phenoxy) is 2. The number of hydrogen-bond donors (Lipinski definition) is 1. The lowest BCUT2D eigenvalue weighted by Crippen LogP contribution is -2.52. The maximum Gasteiger partial charge on any atom is 0.325 e. The van der Waals surface area contributed by atoms with E-state index in [2.05, 4.69) is 5.32 Å². The molecular weight excluding hydrogens is 254 g/mol. The smallest absolute Gasteiger partial charge is 0.325 e. The molecule has 4 nitrogen and oxygen atoms in total. The molecule has 118 valence electrons. The van der Waals surface area contributed by atoms with Crippen molar-refractivity contribution >= 4 is 5.97 Å². The summed E-state index contributed by atoms with van der Waals surface area (Å²) in [4.78, 5) is 11.9. The molecule has 0 bridgehead atoms. The molecule has 0 spiro atoms. The fourth-order valence-corrected chi connectivity index (χ4v) is 3.13. The number of likely N-dealkylation sites (N-methyl/N-ethyl adjacent to an activating group) is 1. The molecule has 1 rings (SSSR count). The number of esters is 1. The van der Waals surface area contributed by atoms with E-state index in [-0.39, 0.29) is 12.1 Å². The van der Waals surface area contributed by atoms with E-state index in [1.54, 1.807) is 0 Å². The van der Waals surface area contributed by atoms with Gasteiger partial charge in [-0.3, -0.25) is 4.79 Å². The van der Waals surface area contributed by atoms with Crippen molar-refractivity contribution in [2.24, 2.45) is 5.92 Å². The number of carbonyl (C=O) groups is 1. The molecule has 4 heteroatoms. The second kappa shape index (κ2) is 8.63. The summed E-state index contributed by atoms with van der Waals surface area (Å²) >= 11 is 0. The summed E-state index contributed by atoms with van der Waals surface area (Å²) in [6.45, 7) is 7.49. The van der Waals surface area contributed by atoms with Crippen LogP contribution in [-0.2, 0) is 14.3 Å².